The third-order valence-electron chi connectivity index (χ3n) is 14.6. The Morgan fingerprint density at radius 2 is 0.494 bits per heavy atom. The van der Waals surface area contributed by atoms with Crippen molar-refractivity contribution in [2.24, 2.45) is 0 Å². The molecular formula is C73H126O6. The van der Waals surface area contributed by atoms with Gasteiger partial charge in [-0.1, -0.05) is 304 Å². The van der Waals surface area contributed by atoms with E-state index in [-0.39, 0.29) is 31.1 Å². The van der Waals surface area contributed by atoms with Crippen molar-refractivity contribution in [3.63, 3.8) is 0 Å². The van der Waals surface area contributed by atoms with Gasteiger partial charge in [-0.05, 0) is 103 Å². The molecule has 0 fully saturated rings. The lowest BCUT2D eigenvalue weighted by Gasteiger charge is -2.18. The molecule has 6 nitrogen and oxygen atoms in total. The molecule has 0 spiro atoms. The van der Waals surface area contributed by atoms with Gasteiger partial charge in [0.05, 0.1) is 0 Å². The molecule has 0 heterocycles. The second-order valence-electron chi connectivity index (χ2n) is 22.4. The fraction of sp³-hybridized carbons (Fsp3) is 0.740. The van der Waals surface area contributed by atoms with E-state index in [0.29, 0.717) is 19.3 Å². The zero-order valence-electron chi connectivity index (χ0n) is 52.1. The molecule has 0 radical (unpaired) electrons. The van der Waals surface area contributed by atoms with Crippen molar-refractivity contribution in [2.45, 2.75) is 335 Å². The summed E-state index contributed by atoms with van der Waals surface area (Å²) in [5, 5.41) is 0. The Kier molecular flexibility index (Phi) is 63.7. The molecule has 0 bridgehead atoms. The van der Waals surface area contributed by atoms with Crippen LogP contribution in [0.4, 0.5) is 0 Å². The van der Waals surface area contributed by atoms with Gasteiger partial charge < -0.3 is 14.2 Å². The number of esters is 3. The Labute approximate surface area is 489 Å². The van der Waals surface area contributed by atoms with Crippen LogP contribution in [0, 0.1) is 0 Å². The Hall–Kier alpha value is -3.67. The zero-order chi connectivity index (χ0) is 57.1. The maximum atomic E-state index is 12.9. The van der Waals surface area contributed by atoms with Gasteiger partial charge in [0, 0.05) is 19.3 Å². The van der Waals surface area contributed by atoms with Crippen molar-refractivity contribution >= 4 is 17.9 Å². The molecule has 0 aromatic carbocycles. The van der Waals surface area contributed by atoms with Crippen LogP contribution in [0.3, 0.4) is 0 Å². The molecule has 0 saturated heterocycles. The second kappa shape index (κ2) is 66.8. The summed E-state index contributed by atoms with van der Waals surface area (Å²) in [6.45, 7) is 6.54. The number of ether oxygens (including phenoxy) is 3. The molecule has 0 aromatic rings. The van der Waals surface area contributed by atoms with Gasteiger partial charge in [-0.15, -0.1) is 0 Å². The fourth-order valence-corrected chi connectivity index (χ4v) is 9.54. The number of hydrogen-bond donors (Lipinski definition) is 0. The van der Waals surface area contributed by atoms with Gasteiger partial charge in [-0.2, -0.15) is 0 Å². The Bertz CT molecular complexity index is 1540. The lowest BCUT2D eigenvalue weighted by molar-refractivity contribution is -0.167. The zero-order valence-corrected chi connectivity index (χ0v) is 52.1. The standard InChI is InChI=1S/C73H126O6/c1-4-7-10-13-16-19-22-24-26-28-30-32-33-34-35-36-37-38-39-41-42-44-46-48-51-54-57-60-63-66-72(75)78-69-70(68-77-71(74)65-62-59-56-53-50-21-18-15-12-9-6-3)79-73(76)67-64-61-58-55-52-49-47-45-43-40-31-29-27-25-23-20-17-14-11-8-5-2/h7,10,16,19,24,26,29-32,34-35,37-38,41-42,70H,4-6,8-9,11-15,17-18,20-23,25,27-28,33,36,39-40,43-69H2,1-3H3/b10-7-,19-16-,26-24-,31-29-,32-30-,35-34-,38-37-,42-41-. The lowest BCUT2D eigenvalue weighted by atomic mass is 10.1. The van der Waals surface area contributed by atoms with Gasteiger partial charge >= 0.3 is 17.9 Å². The van der Waals surface area contributed by atoms with E-state index in [1.54, 1.807) is 0 Å². The Balaban J connectivity index is 4.28. The summed E-state index contributed by atoms with van der Waals surface area (Å²) in [5.41, 5.74) is 0. The van der Waals surface area contributed by atoms with Crippen molar-refractivity contribution in [3.8, 4) is 0 Å². The van der Waals surface area contributed by atoms with Gasteiger partial charge in [0.2, 0.25) is 0 Å². The summed E-state index contributed by atoms with van der Waals surface area (Å²) < 4.78 is 16.9. The lowest BCUT2D eigenvalue weighted by Crippen LogP contribution is -2.30. The van der Waals surface area contributed by atoms with Crippen LogP contribution in [-0.2, 0) is 28.6 Å². The monoisotopic (exact) mass is 1100 g/mol. The molecule has 0 aliphatic heterocycles. The van der Waals surface area contributed by atoms with Crippen LogP contribution in [0.15, 0.2) is 97.2 Å². The van der Waals surface area contributed by atoms with Gasteiger partial charge in [0.25, 0.3) is 0 Å². The maximum absolute atomic E-state index is 12.9. The molecule has 454 valence electrons. The minimum atomic E-state index is -0.783. The van der Waals surface area contributed by atoms with Crippen molar-refractivity contribution in [1.82, 2.24) is 0 Å². The highest BCUT2D eigenvalue weighted by molar-refractivity contribution is 5.71. The van der Waals surface area contributed by atoms with E-state index in [1.807, 2.05) is 0 Å². The molecule has 0 saturated carbocycles. The predicted octanol–water partition coefficient (Wildman–Crippen LogP) is 23.2. The molecule has 1 unspecified atom stereocenters. The molecular weight excluding hydrogens is 973 g/mol. The summed E-state index contributed by atoms with van der Waals surface area (Å²) >= 11 is 0. The van der Waals surface area contributed by atoms with E-state index in [0.717, 1.165) is 109 Å². The van der Waals surface area contributed by atoms with Gasteiger partial charge in [0.1, 0.15) is 13.2 Å². The number of rotatable bonds is 61. The van der Waals surface area contributed by atoms with Crippen LogP contribution >= 0.6 is 0 Å². The quantitative estimate of drug-likeness (QED) is 0.0261. The van der Waals surface area contributed by atoms with Crippen molar-refractivity contribution in [3.05, 3.63) is 97.2 Å². The van der Waals surface area contributed by atoms with E-state index in [1.165, 1.54) is 180 Å². The van der Waals surface area contributed by atoms with Gasteiger partial charge in [-0.25, -0.2) is 0 Å². The van der Waals surface area contributed by atoms with Crippen LogP contribution in [0.2, 0.25) is 0 Å². The molecule has 79 heavy (non-hydrogen) atoms. The number of unbranched alkanes of at least 4 members (excludes halogenated alkanes) is 34. The number of carbonyl (C=O) groups is 3. The summed E-state index contributed by atoms with van der Waals surface area (Å²) in [7, 11) is 0. The number of carbonyl (C=O) groups excluding carboxylic acids is 3. The first-order valence-electron chi connectivity index (χ1n) is 33.7. The molecule has 0 aliphatic rings. The van der Waals surface area contributed by atoms with Crippen molar-refractivity contribution in [2.75, 3.05) is 13.2 Å². The molecule has 0 rings (SSSR count). The maximum Gasteiger partial charge on any atom is 0.306 e. The van der Waals surface area contributed by atoms with Gasteiger partial charge in [-0.3, -0.25) is 14.4 Å². The topological polar surface area (TPSA) is 78.9 Å². The van der Waals surface area contributed by atoms with Gasteiger partial charge in [0.15, 0.2) is 6.10 Å². The smallest absolute Gasteiger partial charge is 0.306 e. The number of hydrogen-bond acceptors (Lipinski definition) is 6. The van der Waals surface area contributed by atoms with E-state index < -0.39 is 6.10 Å². The van der Waals surface area contributed by atoms with E-state index in [2.05, 4.69) is 118 Å². The van der Waals surface area contributed by atoms with E-state index >= 15 is 0 Å². The molecule has 6 heteroatoms. The minimum Gasteiger partial charge on any atom is -0.462 e. The number of allylic oxidation sites excluding steroid dienone is 16. The summed E-state index contributed by atoms with van der Waals surface area (Å²) in [5.74, 6) is -0.880. The molecule has 0 N–H and O–H groups in total. The predicted molar refractivity (Wildman–Crippen MR) is 344 cm³/mol. The Morgan fingerprint density at radius 3 is 0.785 bits per heavy atom. The third kappa shape index (κ3) is 65.0. The average Bonchev–Trinajstić information content (AvgIpc) is 3.45. The highest BCUT2D eigenvalue weighted by Crippen LogP contribution is 2.16. The fourth-order valence-electron chi connectivity index (χ4n) is 9.54. The summed E-state index contributed by atoms with van der Waals surface area (Å²) in [6.07, 6.45) is 89.9. The minimum absolute atomic E-state index is 0.0786. The SMILES string of the molecule is CC/C=C\C/C=C\C/C=C\C/C=C\C/C=C\C/C=C\C/C=C\CCCCCCCCCC(=O)OCC(COC(=O)CCCCCCCCCCCCC)OC(=O)CCCCCCCCCCC/C=C\CCCCCCCCCC. The van der Waals surface area contributed by atoms with Crippen LogP contribution < -0.4 is 0 Å². The van der Waals surface area contributed by atoms with Crippen LogP contribution in [0.25, 0.3) is 0 Å². The second-order valence-corrected chi connectivity index (χ2v) is 22.4. The van der Waals surface area contributed by atoms with E-state index in [9.17, 15) is 14.4 Å². The first-order chi connectivity index (χ1) is 39.0. The van der Waals surface area contributed by atoms with Crippen molar-refractivity contribution < 1.29 is 28.6 Å². The summed E-state index contributed by atoms with van der Waals surface area (Å²) in [6, 6.07) is 0. The first kappa shape index (κ1) is 75.3. The third-order valence-corrected chi connectivity index (χ3v) is 14.6. The van der Waals surface area contributed by atoms with Crippen molar-refractivity contribution in [1.29, 1.82) is 0 Å². The first-order valence-corrected chi connectivity index (χ1v) is 33.7. The largest absolute Gasteiger partial charge is 0.462 e. The molecule has 0 aromatic heterocycles. The average molecular weight is 1100 g/mol. The Morgan fingerprint density at radius 1 is 0.266 bits per heavy atom. The highest BCUT2D eigenvalue weighted by Gasteiger charge is 2.19. The summed E-state index contributed by atoms with van der Waals surface area (Å²) in [4.78, 5) is 38.3. The molecule has 1 atom stereocenters. The molecule has 0 aliphatic carbocycles. The van der Waals surface area contributed by atoms with E-state index in [4.69, 9.17) is 14.2 Å². The van der Waals surface area contributed by atoms with Crippen LogP contribution in [0.1, 0.15) is 329 Å². The normalized spacial score (nSPS) is 12.7. The van der Waals surface area contributed by atoms with Crippen LogP contribution in [0.5, 0.6) is 0 Å². The highest BCUT2D eigenvalue weighted by atomic mass is 16.6. The molecule has 0 amide bonds. The van der Waals surface area contributed by atoms with Crippen LogP contribution in [-0.4, -0.2) is 37.2 Å².